The number of rotatable bonds is 10. The number of nitrogens with zero attached hydrogens (tertiary/aromatic N) is 4. The summed E-state index contributed by atoms with van der Waals surface area (Å²) in [5.41, 5.74) is 3.33. The van der Waals surface area contributed by atoms with Crippen LogP contribution in [0.15, 0.2) is 5.16 Å². The van der Waals surface area contributed by atoms with Crippen molar-refractivity contribution in [2.24, 2.45) is 0 Å². The first-order valence-electron chi connectivity index (χ1n) is 9.14. The van der Waals surface area contributed by atoms with Crippen molar-refractivity contribution in [3.05, 3.63) is 17.0 Å². The third kappa shape index (κ3) is 5.17. The number of carbonyl (C=O) groups is 1. The third-order valence-corrected chi connectivity index (χ3v) is 5.24. The summed E-state index contributed by atoms with van der Waals surface area (Å²) in [6.45, 7) is 9.37. The fourth-order valence-electron chi connectivity index (χ4n) is 2.74. The van der Waals surface area contributed by atoms with E-state index in [1.165, 1.54) is 17.3 Å². The molecule has 2 rings (SSSR count). The summed E-state index contributed by atoms with van der Waals surface area (Å²) in [6.07, 6.45) is 4.08. The van der Waals surface area contributed by atoms with E-state index < -0.39 is 0 Å². The van der Waals surface area contributed by atoms with Gasteiger partial charge in [0.15, 0.2) is 0 Å². The zero-order valence-corrected chi connectivity index (χ0v) is 17.2. The fourth-order valence-corrected chi connectivity index (χ4v) is 3.51. The summed E-state index contributed by atoms with van der Waals surface area (Å²) in [7, 11) is 1.65. The molecule has 0 saturated heterocycles. The lowest BCUT2D eigenvalue weighted by molar-refractivity contribution is -0.120. The molecule has 0 aromatic carbocycles. The van der Waals surface area contributed by atoms with Gasteiger partial charge in [0.1, 0.15) is 0 Å². The highest BCUT2D eigenvalue weighted by molar-refractivity contribution is 8.00. The van der Waals surface area contributed by atoms with Crippen LogP contribution in [0.25, 0.3) is 5.78 Å². The van der Waals surface area contributed by atoms with Gasteiger partial charge in [-0.2, -0.15) is 4.98 Å². The lowest BCUT2D eigenvalue weighted by atomic mass is 10.1. The highest BCUT2D eigenvalue weighted by Gasteiger charge is 2.19. The maximum Gasteiger partial charge on any atom is 0.253 e. The molecule has 1 atom stereocenters. The Labute approximate surface area is 159 Å². The molecule has 1 amide bonds. The maximum absolute atomic E-state index is 12.2. The number of amides is 1. The van der Waals surface area contributed by atoms with Crippen LogP contribution in [0.3, 0.4) is 0 Å². The summed E-state index contributed by atoms with van der Waals surface area (Å²) in [6, 6.07) is 0. The molecule has 0 radical (unpaired) electrons. The fraction of sp³-hybridized carbons (Fsp3) is 0.667. The molecule has 0 fully saturated rings. The van der Waals surface area contributed by atoms with Gasteiger partial charge in [-0.3, -0.25) is 4.79 Å². The zero-order valence-electron chi connectivity index (χ0n) is 16.3. The lowest BCUT2D eigenvalue weighted by Gasteiger charge is -2.10. The van der Waals surface area contributed by atoms with Crippen LogP contribution in [0.5, 0.6) is 0 Å². The van der Waals surface area contributed by atoms with Crippen LogP contribution in [0, 0.1) is 13.8 Å². The van der Waals surface area contributed by atoms with E-state index >= 15 is 0 Å². The van der Waals surface area contributed by atoms with Gasteiger partial charge >= 0.3 is 0 Å². The number of thioether (sulfide) groups is 1. The Morgan fingerprint density at radius 2 is 2.08 bits per heavy atom. The molecule has 144 valence electrons. The van der Waals surface area contributed by atoms with Crippen LogP contribution in [0.1, 0.15) is 50.1 Å². The van der Waals surface area contributed by atoms with E-state index in [-0.39, 0.29) is 11.2 Å². The second-order valence-electron chi connectivity index (χ2n) is 6.37. The molecular formula is C18H29N5O2S. The number of hydrogen-bond donors (Lipinski definition) is 1. The Balaban J connectivity index is 2.08. The van der Waals surface area contributed by atoms with E-state index in [2.05, 4.69) is 34.2 Å². The predicted octanol–water partition coefficient (Wildman–Crippen LogP) is 2.72. The van der Waals surface area contributed by atoms with E-state index in [0.717, 1.165) is 37.1 Å². The molecule has 1 N–H and O–H groups in total. The molecule has 7 nitrogen and oxygen atoms in total. The van der Waals surface area contributed by atoms with E-state index in [9.17, 15) is 4.79 Å². The Hall–Kier alpha value is -1.67. The number of methoxy groups -OCH3 is 1. The van der Waals surface area contributed by atoms with Crippen molar-refractivity contribution in [2.75, 3.05) is 20.3 Å². The van der Waals surface area contributed by atoms with E-state index in [1.54, 1.807) is 11.6 Å². The molecular weight excluding hydrogens is 350 g/mol. The minimum absolute atomic E-state index is 0.0190. The quantitative estimate of drug-likeness (QED) is 0.505. The Morgan fingerprint density at radius 1 is 1.31 bits per heavy atom. The molecule has 8 heteroatoms. The van der Waals surface area contributed by atoms with Crippen molar-refractivity contribution in [1.29, 1.82) is 0 Å². The Kier molecular flexibility index (Phi) is 7.84. The van der Waals surface area contributed by atoms with Gasteiger partial charge in [0.05, 0.1) is 5.25 Å². The zero-order chi connectivity index (χ0) is 19.1. The summed E-state index contributed by atoms with van der Waals surface area (Å²) in [5.74, 6) is 0.574. The van der Waals surface area contributed by atoms with Crippen LogP contribution in [-0.4, -0.2) is 51.0 Å². The first kappa shape index (κ1) is 20.6. The third-order valence-electron chi connectivity index (χ3n) is 4.29. The predicted molar refractivity (Wildman–Crippen MR) is 104 cm³/mol. The first-order valence-corrected chi connectivity index (χ1v) is 10.0. The molecule has 2 aromatic rings. The molecule has 0 bridgehead atoms. The first-order chi connectivity index (χ1) is 12.5. The summed E-state index contributed by atoms with van der Waals surface area (Å²) >= 11 is 1.35. The number of aromatic nitrogens is 4. The van der Waals surface area contributed by atoms with Crippen molar-refractivity contribution in [2.45, 2.75) is 63.8 Å². The minimum atomic E-state index is -0.268. The number of ether oxygens (including phenoxy) is 1. The van der Waals surface area contributed by atoms with Crippen LogP contribution in [0.2, 0.25) is 0 Å². The molecule has 1 unspecified atom stereocenters. The number of nitrogens with one attached hydrogen (secondary N) is 1. The van der Waals surface area contributed by atoms with Gasteiger partial charge in [-0.25, -0.2) is 9.50 Å². The van der Waals surface area contributed by atoms with Gasteiger partial charge in [-0.15, -0.1) is 5.10 Å². The van der Waals surface area contributed by atoms with Gasteiger partial charge in [0.2, 0.25) is 11.1 Å². The normalized spacial score (nSPS) is 12.5. The van der Waals surface area contributed by atoms with Gasteiger partial charge in [0, 0.05) is 31.6 Å². The number of aryl methyl sites for hydroxylation is 2. The minimum Gasteiger partial charge on any atom is -0.385 e. The maximum atomic E-state index is 12.2. The largest absolute Gasteiger partial charge is 0.385 e. The number of carbonyl (C=O) groups excluding carboxylic acids is 1. The Morgan fingerprint density at radius 3 is 2.77 bits per heavy atom. The van der Waals surface area contributed by atoms with Crippen molar-refractivity contribution in [1.82, 2.24) is 24.9 Å². The summed E-state index contributed by atoms with van der Waals surface area (Å²) < 4.78 is 6.78. The highest BCUT2D eigenvalue weighted by atomic mass is 32.2. The molecule has 0 saturated carbocycles. The topological polar surface area (TPSA) is 81.4 Å². The van der Waals surface area contributed by atoms with Crippen molar-refractivity contribution in [3.8, 4) is 0 Å². The highest BCUT2D eigenvalue weighted by Crippen LogP contribution is 2.22. The monoisotopic (exact) mass is 379 g/mol. The molecule has 0 aliphatic rings. The van der Waals surface area contributed by atoms with Crippen LogP contribution < -0.4 is 5.32 Å². The molecule has 0 spiro atoms. The van der Waals surface area contributed by atoms with Crippen LogP contribution >= 0.6 is 11.8 Å². The lowest BCUT2D eigenvalue weighted by Crippen LogP contribution is -2.32. The van der Waals surface area contributed by atoms with E-state index in [0.29, 0.717) is 24.1 Å². The second-order valence-corrected chi connectivity index (χ2v) is 7.68. The average Bonchev–Trinajstić information content (AvgIpc) is 3.00. The smallest absolute Gasteiger partial charge is 0.253 e. The van der Waals surface area contributed by atoms with Gasteiger partial charge in [-0.05, 0) is 45.6 Å². The second kappa shape index (κ2) is 9.87. The standard InChI is InChI=1S/C18H29N5O2S/c1-6-7-9-15-12(2)20-17-21-18(22-23(17)13(15)3)26-14(4)16(24)19-10-8-11-25-5/h14H,6-11H2,1-5H3,(H,19,24). The van der Waals surface area contributed by atoms with Gasteiger partial charge in [0.25, 0.3) is 5.78 Å². The SMILES string of the molecule is CCCCc1c(C)nc2nc(SC(C)C(=O)NCCCOC)nn2c1C. The van der Waals surface area contributed by atoms with Crippen molar-refractivity contribution in [3.63, 3.8) is 0 Å². The Bertz CT molecular complexity index is 747. The molecule has 2 heterocycles. The van der Waals surface area contributed by atoms with Crippen LogP contribution in [0.4, 0.5) is 0 Å². The number of unbranched alkanes of at least 4 members (excludes halogenated alkanes) is 1. The van der Waals surface area contributed by atoms with E-state index in [4.69, 9.17) is 4.74 Å². The van der Waals surface area contributed by atoms with Gasteiger partial charge < -0.3 is 10.1 Å². The van der Waals surface area contributed by atoms with Gasteiger partial charge in [-0.1, -0.05) is 25.1 Å². The van der Waals surface area contributed by atoms with Crippen LogP contribution in [-0.2, 0) is 16.0 Å². The van der Waals surface area contributed by atoms with Crippen molar-refractivity contribution >= 4 is 23.4 Å². The molecule has 0 aliphatic carbocycles. The summed E-state index contributed by atoms with van der Waals surface area (Å²) in [5, 5.41) is 7.77. The molecule has 26 heavy (non-hydrogen) atoms. The molecule has 0 aliphatic heterocycles. The number of hydrogen-bond acceptors (Lipinski definition) is 6. The van der Waals surface area contributed by atoms with Crippen molar-refractivity contribution < 1.29 is 9.53 Å². The van der Waals surface area contributed by atoms with E-state index in [1.807, 2.05) is 13.8 Å². The summed E-state index contributed by atoms with van der Waals surface area (Å²) in [4.78, 5) is 21.3. The average molecular weight is 380 g/mol. The number of fused-ring (bicyclic) bond motifs is 1. The molecule has 2 aromatic heterocycles.